The van der Waals surface area contributed by atoms with E-state index in [1.54, 1.807) is 30.0 Å². The molecule has 3 aromatic carbocycles. The third-order valence-corrected chi connectivity index (χ3v) is 7.98. The second-order valence-electron chi connectivity index (χ2n) is 7.34. The number of carbonyl (C=O) groups excluding carboxylic acids is 1. The predicted octanol–water partition coefficient (Wildman–Crippen LogP) is 5.34. The molecule has 1 heterocycles. The molecule has 33 heavy (non-hydrogen) atoms. The van der Waals surface area contributed by atoms with Crippen LogP contribution in [0.5, 0.6) is 5.75 Å². The van der Waals surface area contributed by atoms with Gasteiger partial charge in [0.25, 0.3) is 5.91 Å². The molecule has 4 rings (SSSR count). The molecule has 4 aromatic rings. The zero-order valence-electron chi connectivity index (χ0n) is 18.4. The molecule has 0 atom stereocenters. The first-order valence-electron chi connectivity index (χ1n) is 10.6. The van der Waals surface area contributed by atoms with E-state index in [1.807, 2.05) is 55.5 Å². The minimum atomic E-state index is -3.58. The molecule has 8 heteroatoms. The summed E-state index contributed by atoms with van der Waals surface area (Å²) in [5.41, 5.74) is 1.80. The van der Waals surface area contributed by atoms with E-state index < -0.39 is 15.7 Å². The minimum Gasteiger partial charge on any atom is -0.494 e. The van der Waals surface area contributed by atoms with Gasteiger partial charge in [0.05, 0.1) is 39.6 Å². The summed E-state index contributed by atoms with van der Waals surface area (Å²) in [5.74, 6) is 0.244. The number of ether oxygens (including phenoxy) is 1. The molecule has 1 amide bonds. The number of aromatic nitrogens is 1. The van der Waals surface area contributed by atoms with Crippen LogP contribution in [0.25, 0.3) is 10.2 Å². The fourth-order valence-corrected chi connectivity index (χ4v) is 5.55. The fourth-order valence-electron chi connectivity index (χ4n) is 3.47. The first-order valence-corrected chi connectivity index (χ1v) is 13.1. The van der Waals surface area contributed by atoms with Gasteiger partial charge in [-0.2, -0.15) is 0 Å². The largest absolute Gasteiger partial charge is 0.494 e. The number of thiazole rings is 1. The SMILES string of the molecule is CCOc1ccc2nc(N(Cc3ccccc3)C(=O)c3ccccc3S(=O)(=O)CC)sc2c1. The topological polar surface area (TPSA) is 76.6 Å². The van der Waals surface area contributed by atoms with Crippen molar-refractivity contribution in [1.82, 2.24) is 4.98 Å². The Bertz CT molecular complexity index is 1380. The molecule has 1 aromatic heterocycles. The maximum absolute atomic E-state index is 13.8. The highest BCUT2D eigenvalue weighted by Gasteiger charge is 2.27. The Hall–Kier alpha value is -3.23. The lowest BCUT2D eigenvalue weighted by molar-refractivity contribution is 0.0982. The van der Waals surface area contributed by atoms with Crippen LogP contribution in [0.3, 0.4) is 0 Å². The number of fused-ring (bicyclic) bond motifs is 1. The van der Waals surface area contributed by atoms with E-state index in [9.17, 15) is 13.2 Å². The smallest absolute Gasteiger partial charge is 0.261 e. The molecule has 0 saturated carbocycles. The van der Waals surface area contributed by atoms with Gasteiger partial charge in [-0.1, -0.05) is 60.7 Å². The van der Waals surface area contributed by atoms with Crippen molar-refractivity contribution in [1.29, 1.82) is 0 Å². The van der Waals surface area contributed by atoms with Crippen molar-refractivity contribution in [2.45, 2.75) is 25.3 Å². The van der Waals surface area contributed by atoms with Gasteiger partial charge < -0.3 is 4.74 Å². The van der Waals surface area contributed by atoms with Gasteiger partial charge in [-0.05, 0) is 42.8 Å². The van der Waals surface area contributed by atoms with Crippen LogP contribution < -0.4 is 9.64 Å². The summed E-state index contributed by atoms with van der Waals surface area (Å²) in [6, 6.07) is 21.5. The first kappa shape index (κ1) is 22.9. The van der Waals surface area contributed by atoms with Crippen molar-refractivity contribution < 1.29 is 17.9 Å². The van der Waals surface area contributed by atoms with Crippen LogP contribution in [-0.2, 0) is 16.4 Å². The number of carbonyl (C=O) groups is 1. The molecule has 0 radical (unpaired) electrons. The van der Waals surface area contributed by atoms with Crippen molar-refractivity contribution in [3.05, 3.63) is 83.9 Å². The summed E-state index contributed by atoms with van der Waals surface area (Å²) in [5, 5.41) is 0.496. The molecular weight excluding hydrogens is 456 g/mol. The van der Waals surface area contributed by atoms with Crippen molar-refractivity contribution in [2.75, 3.05) is 17.3 Å². The number of benzene rings is 3. The molecule has 0 spiro atoms. The Morgan fingerprint density at radius 3 is 2.45 bits per heavy atom. The summed E-state index contributed by atoms with van der Waals surface area (Å²) in [6.07, 6.45) is 0. The van der Waals surface area contributed by atoms with E-state index in [2.05, 4.69) is 4.98 Å². The van der Waals surface area contributed by atoms with Crippen LogP contribution in [0.2, 0.25) is 0 Å². The molecule has 6 nitrogen and oxygen atoms in total. The van der Waals surface area contributed by atoms with Crippen LogP contribution >= 0.6 is 11.3 Å². The van der Waals surface area contributed by atoms with Crippen LogP contribution in [0.1, 0.15) is 29.8 Å². The maximum Gasteiger partial charge on any atom is 0.261 e. The van der Waals surface area contributed by atoms with Crippen LogP contribution in [0.15, 0.2) is 77.7 Å². The highest BCUT2D eigenvalue weighted by atomic mass is 32.2. The van der Waals surface area contributed by atoms with E-state index >= 15 is 0 Å². The maximum atomic E-state index is 13.8. The Balaban J connectivity index is 1.82. The Kier molecular flexibility index (Phi) is 6.76. The summed E-state index contributed by atoms with van der Waals surface area (Å²) in [7, 11) is -3.58. The first-order chi connectivity index (χ1) is 15.9. The summed E-state index contributed by atoms with van der Waals surface area (Å²) < 4.78 is 31.9. The van der Waals surface area contributed by atoms with Gasteiger partial charge >= 0.3 is 0 Å². The zero-order valence-corrected chi connectivity index (χ0v) is 20.0. The number of nitrogens with zero attached hydrogens (tertiary/aromatic N) is 2. The Morgan fingerprint density at radius 2 is 1.73 bits per heavy atom. The molecule has 0 bridgehead atoms. The van der Waals surface area contributed by atoms with E-state index in [4.69, 9.17) is 4.74 Å². The van der Waals surface area contributed by atoms with E-state index in [0.717, 1.165) is 21.5 Å². The van der Waals surface area contributed by atoms with E-state index in [1.165, 1.54) is 17.4 Å². The van der Waals surface area contributed by atoms with Gasteiger partial charge in [0.1, 0.15) is 5.75 Å². The lowest BCUT2D eigenvalue weighted by Crippen LogP contribution is -2.31. The molecule has 0 aliphatic carbocycles. The van der Waals surface area contributed by atoms with Crippen LogP contribution in [-0.4, -0.2) is 31.7 Å². The van der Waals surface area contributed by atoms with Gasteiger partial charge in [-0.15, -0.1) is 0 Å². The Labute approximate surface area is 197 Å². The third-order valence-electron chi connectivity index (χ3n) is 5.15. The average Bonchev–Trinajstić information content (AvgIpc) is 3.26. The van der Waals surface area contributed by atoms with E-state index in [0.29, 0.717) is 11.7 Å². The number of sulfone groups is 1. The number of amides is 1. The van der Waals surface area contributed by atoms with Crippen molar-refractivity contribution >= 4 is 42.4 Å². The number of hydrogen-bond donors (Lipinski definition) is 0. The summed E-state index contributed by atoms with van der Waals surface area (Å²) in [4.78, 5) is 20.1. The second kappa shape index (κ2) is 9.72. The Morgan fingerprint density at radius 1 is 1.00 bits per heavy atom. The number of rotatable bonds is 8. The average molecular weight is 481 g/mol. The standard InChI is InChI=1S/C25H24N2O4S2/c1-3-31-19-14-15-21-22(16-19)32-25(26-21)27(17-18-10-6-5-7-11-18)24(28)20-12-8-9-13-23(20)33(29,30)4-2/h5-16H,3-4,17H2,1-2H3. The third kappa shape index (κ3) is 4.91. The highest BCUT2D eigenvalue weighted by Crippen LogP contribution is 2.34. The second-order valence-corrected chi connectivity index (χ2v) is 10.6. The quantitative estimate of drug-likeness (QED) is 0.340. The predicted molar refractivity (Wildman–Crippen MR) is 132 cm³/mol. The van der Waals surface area contributed by atoms with Crippen molar-refractivity contribution in [2.24, 2.45) is 0 Å². The van der Waals surface area contributed by atoms with Crippen LogP contribution in [0.4, 0.5) is 5.13 Å². The monoisotopic (exact) mass is 480 g/mol. The molecule has 0 saturated heterocycles. The van der Waals surface area contributed by atoms with Gasteiger partial charge in [-0.3, -0.25) is 9.69 Å². The van der Waals surface area contributed by atoms with Crippen molar-refractivity contribution in [3.63, 3.8) is 0 Å². The van der Waals surface area contributed by atoms with Crippen molar-refractivity contribution in [3.8, 4) is 5.75 Å². The van der Waals surface area contributed by atoms with E-state index in [-0.39, 0.29) is 22.8 Å². The van der Waals surface area contributed by atoms with Crippen LogP contribution in [0, 0.1) is 0 Å². The zero-order chi connectivity index (χ0) is 23.4. The summed E-state index contributed by atoms with van der Waals surface area (Å²) in [6.45, 7) is 4.31. The molecular formula is C25H24N2O4S2. The van der Waals surface area contributed by atoms with Gasteiger partial charge in [-0.25, -0.2) is 13.4 Å². The fraction of sp³-hybridized carbons (Fsp3) is 0.200. The molecule has 0 fully saturated rings. The number of anilines is 1. The molecule has 0 N–H and O–H groups in total. The molecule has 170 valence electrons. The van der Waals surface area contributed by atoms with Gasteiger partial charge in [0, 0.05) is 0 Å². The normalized spacial score (nSPS) is 11.5. The summed E-state index contributed by atoms with van der Waals surface area (Å²) >= 11 is 1.37. The number of hydrogen-bond acceptors (Lipinski definition) is 6. The molecule has 0 aliphatic rings. The lowest BCUT2D eigenvalue weighted by Gasteiger charge is -2.21. The molecule has 0 aliphatic heterocycles. The molecule has 0 unspecified atom stereocenters. The highest BCUT2D eigenvalue weighted by molar-refractivity contribution is 7.91. The minimum absolute atomic E-state index is 0.0373. The van der Waals surface area contributed by atoms with Gasteiger partial charge in [0.15, 0.2) is 15.0 Å². The van der Waals surface area contributed by atoms with Gasteiger partial charge in [0.2, 0.25) is 0 Å². The lowest BCUT2D eigenvalue weighted by atomic mass is 10.1.